The number of aromatic nitrogens is 6. The predicted molar refractivity (Wildman–Crippen MR) is 414 cm³/mol. The third-order valence-corrected chi connectivity index (χ3v) is 18.1. The smallest absolute Gasteiger partial charge is 0.332 e. The van der Waals surface area contributed by atoms with Crippen LogP contribution in [0.5, 0.6) is 0 Å². The van der Waals surface area contributed by atoms with E-state index in [1.54, 1.807) is 0 Å². The van der Waals surface area contributed by atoms with Gasteiger partial charge in [-0.1, -0.05) is 188 Å². The Morgan fingerprint density at radius 2 is 0.413 bits per heavy atom. The minimum atomic E-state index is 0. The first-order chi connectivity index (χ1) is 50.6. The molecule has 0 radical (unpaired) electrons. The van der Waals surface area contributed by atoms with E-state index in [9.17, 15) is 0 Å². The van der Waals surface area contributed by atoms with Gasteiger partial charge in [0.25, 0.3) is 0 Å². The van der Waals surface area contributed by atoms with Crippen LogP contribution in [0.1, 0.15) is 0 Å². The molecule has 0 aliphatic carbocycles. The standard InChI is InChI=1S/C56H34N4.C40H26N2.2Ir/c1-4-16-39(17-5-1)54-30-28-42(35-57-54)48-22-10-12-24-50(48)44-32-45(51-25-13-11-23-49(51)43-29-31-55(58-36-43)40-18-6-2-7-19-40)34-46(33-44)52-26-14-15-27-53(52)47-37-59-56(60-38-47)41-20-8-3-9-21-41;1-3-12-29(13-4-1)39-24-22-33(27-41-39)37-20-9-7-18-35(37)31-16-11-17-32(26-31)36-19-8-10-21-38(36)34-23-25-40(42-28-34)30-14-5-2-6-15-30;;/h1-16,18,22-38H;1-12,14,16-28H;;/q-4;-2;2*+3. The second kappa shape index (κ2) is 32.5. The zero-order valence-corrected chi connectivity index (χ0v) is 60.8. The summed E-state index contributed by atoms with van der Waals surface area (Å²) in [6, 6.07) is 132. The molecule has 17 aromatic rings. The maximum atomic E-state index is 4.88. The Labute approximate surface area is 634 Å². The van der Waals surface area contributed by atoms with Gasteiger partial charge in [0.05, 0.1) is 0 Å². The fraction of sp³-hybridized carbons (Fsp3) is 0. The van der Waals surface area contributed by atoms with E-state index < -0.39 is 0 Å². The van der Waals surface area contributed by atoms with Crippen molar-refractivity contribution in [1.29, 1.82) is 0 Å². The van der Waals surface area contributed by atoms with Crippen LogP contribution in [0.3, 0.4) is 0 Å². The Kier molecular flexibility index (Phi) is 21.5. The molecule has 0 fully saturated rings. The maximum absolute atomic E-state index is 4.88. The van der Waals surface area contributed by atoms with E-state index in [4.69, 9.17) is 29.9 Å². The van der Waals surface area contributed by atoms with Gasteiger partial charge in [-0.25, -0.2) is 23.8 Å². The molecule has 0 N–H and O–H groups in total. The monoisotopic (exact) mass is 1680 g/mol. The molecular weight excluding hydrogens is 1620 g/mol. The largest absolute Gasteiger partial charge is 3.00 e. The van der Waals surface area contributed by atoms with Crippen LogP contribution in [0.2, 0.25) is 0 Å². The minimum absolute atomic E-state index is 0. The Balaban J connectivity index is 0.000000183. The minimum Gasteiger partial charge on any atom is -0.332 e. The average molecular weight is 1680 g/mol. The summed E-state index contributed by atoms with van der Waals surface area (Å²) in [5, 5.41) is 0. The molecule has 0 atom stereocenters. The quantitative estimate of drug-likeness (QED) is 0.0952. The molecule has 12 aromatic carbocycles. The first-order valence-electron chi connectivity index (χ1n) is 33.8. The van der Waals surface area contributed by atoms with Crippen molar-refractivity contribution in [3.63, 3.8) is 0 Å². The van der Waals surface area contributed by atoms with Gasteiger partial charge >= 0.3 is 40.2 Å². The molecule has 8 heteroatoms. The van der Waals surface area contributed by atoms with Crippen LogP contribution in [0.4, 0.5) is 0 Å². The normalized spacial score (nSPS) is 10.7. The molecule has 0 aliphatic heterocycles. The molecule has 17 rings (SSSR count). The number of benzene rings is 12. The summed E-state index contributed by atoms with van der Waals surface area (Å²) in [7, 11) is 0. The Morgan fingerprint density at radius 1 is 0.173 bits per heavy atom. The fourth-order valence-electron chi connectivity index (χ4n) is 13.0. The predicted octanol–water partition coefficient (Wildman–Crippen LogP) is 23.5. The third kappa shape index (κ3) is 15.3. The Bertz CT molecular complexity index is 5200. The molecule has 0 aliphatic rings. The molecule has 5 heterocycles. The summed E-state index contributed by atoms with van der Waals surface area (Å²) in [5.74, 6) is 0.586. The molecular formula is C96H60Ir2N6. The van der Waals surface area contributed by atoms with E-state index in [1.807, 2.05) is 152 Å². The molecule has 104 heavy (non-hydrogen) atoms. The second-order valence-corrected chi connectivity index (χ2v) is 24.4. The van der Waals surface area contributed by atoms with E-state index in [0.717, 1.165) is 151 Å². The maximum Gasteiger partial charge on any atom is 3.00 e. The zero-order valence-electron chi connectivity index (χ0n) is 56.0. The van der Waals surface area contributed by atoms with Gasteiger partial charge < -0.3 is 29.9 Å². The average Bonchev–Trinajstić information content (AvgIpc) is 0.787. The van der Waals surface area contributed by atoms with Crippen LogP contribution in [0, 0.1) is 36.4 Å². The van der Waals surface area contributed by atoms with Gasteiger partial charge in [-0.2, -0.15) is 0 Å². The van der Waals surface area contributed by atoms with Crippen molar-refractivity contribution in [3.8, 4) is 168 Å². The van der Waals surface area contributed by atoms with Gasteiger partial charge in [0.2, 0.25) is 0 Å². The summed E-state index contributed by atoms with van der Waals surface area (Å²) in [5.41, 5.74) is 30.1. The first-order valence-corrected chi connectivity index (χ1v) is 33.8. The van der Waals surface area contributed by atoms with Crippen LogP contribution < -0.4 is 0 Å². The summed E-state index contributed by atoms with van der Waals surface area (Å²) < 4.78 is 0. The number of nitrogens with zero attached hydrogens (tertiary/aromatic N) is 6. The summed E-state index contributed by atoms with van der Waals surface area (Å²) in [6.45, 7) is 0. The third-order valence-electron chi connectivity index (χ3n) is 18.1. The van der Waals surface area contributed by atoms with Gasteiger partial charge in [0, 0.05) is 42.7 Å². The molecule has 0 amide bonds. The molecule has 492 valence electrons. The van der Waals surface area contributed by atoms with Gasteiger partial charge in [-0.05, 0) is 159 Å². The number of hydrogen-bond acceptors (Lipinski definition) is 6. The Hall–Kier alpha value is -12.4. The van der Waals surface area contributed by atoms with Crippen molar-refractivity contribution in [2.75, 3.05) is 0 Å². The van der Waals surface area contributed by atoms with Crippen molar-refractivity contribution in [1.82, 2.24) is 29.9 Å². The van der Waals surface area contributed by atoms with Crippen molar-refractivity contribution in [3.05, 3.63) is 401 Å². The summed E-state index contributed by atoms with van der Waals surface area (Å²) in [4.78, 5) is 28.8. The van der Waals surface area contributed by atoms with Crippen LogP contribution in [-0.4, -0.2) is 29.9 Å². The fourth-order valence-corrected chi connectivity index (χ4v) is 13.0. The summed E-state index contributed by atoms with van der Waals surface area (Å²) >= 11 is 0. The number of pyridine rings is 4. The van der Waals surface area contributed by atoms with Crippen LogP contribution in [-0.2, 0) is 40.2 Å². The van der Waals surface area contributed by atoms with E-state index in [1.165, 1.54) is 11.1 Å². The van der Waals surface area contributed by atoms with E-state index in [0.29, 0.717) is 5.82 Å². The van der Waals surface area contributed by atoms with Crippen molar-refractivity contribution in [2.45, 2.75) is 0 Å². The van der Waals surface area contributed by atoms with Crippen LogP contribution in [0.15, 0.2) is 365 Å². The van der Waals surface area contributed by atoms with E-state index >= 15 is 0 Å². The van der Waals surface area contributed by atoms with Gasteiger partial charge in [-0.15, -0.1) is 144 Å². The first kappa shape index (κ1) is 68.7. The molecule has 6 nitrogen and oxygen atoms in total. The molecule has 5 aromatic heterocycles. The van der Waals surface area contributed by atoms with Crippen molar-refractivity contribution in [2.24, 2.45) is 0 Å². The van der Waals surface area contributed by atoms with Gasteiger partial charge in [0.15, 0.2) is 0 Å². The second-order valence-electron chi connectivity index (χ2n) is 24.4. The molecule has 0 bridgehead atoms. The zero-order chi connectivity index (χ0) is 68.2. The number of hydrogen-bond donors (Lipinski definition) is 0. The van der Waals surface area contributed by atoms with Crippen LogP contribution >= 0.6 is 0 Å². The molecule has 0 saturated heterocycles. The molecule has 0 saturated carbocycles. The Morgan fingerprint density at radius 3 is 0.683 bits per heavy atom. The summed E-state index contributed by atoms with van der Waals surface area (Å²) in [6.07, 6.45) is 11.6. The molecule has 0 spiro atoms. The van der Waals surface area contributed by atoms with Crippen molar-refractivity contribution < 1.29 is 40.2 Å². The van der Waals surface area contributed by atoms with Crippen LogP contribution in [0.25, 0.3) is 168 Å². The van der Waals surface area contributed by atoms with Gasteiger partial charge in [-0.3, -0.25) is 12.1 Å². The number of rotatable bonds is 15. The van der Waals surface area contributed by atoms with Crippen molar-refractivity contribution >= 4 is 0 Å². The molecule has 0 unspecified atom stereocenters. The van der Waals surface area contributed by atoms with E-state index in [-0.39, 0.29) is 40.2 Å². The topological polar surface area (TPSA) is 77.3 Å². The SMILES string of the molecule is [Ir+3].[Ir+3].[c-]1ccc[c-]c1-c1ncc(-c2ccccc2-c2cc(-c3ccccc3-c3ccc(-c4[c-]cccc4)nc3)cc(-c3ccccc3-c3ccc(-c4[c-]cccc4)nc3)c2)cn1.[c-]1ccccc1-c1ccc(-c2ccccc2-c2cccc(-c3ccccc3-c3ccc(-c4[c-]cccc4)nc3)c2)cn1. The van der Waals surface area contributed by atoms with E-state index in [2.05, 4.69) is 249 Å². The van der Waals surface area contributed by atoms with Gasteiger partial charge in [0.1, 0.15) is 0 Å².